The molecule has 0 aliphatic carbocycles. The van der Waals surface area contributed by atoms with Crippen LogP contribution in [-0.4, -0.2) is 42.7 Å². The molecule has 0 spiro atoms. The first kappa shape index (κ1) is 12.9. The molecule has 1 aromatic rings. The molecule has 104 valence electrons. The van der Waals surface area contributed by atoms with E-state index in [4.69, 9.17) is 9.72 Å². The van der Waals surface area contributed by atoms with Gasteiger partial charge in [-0.3, -0.25) is 4.90 Å². The fourth-order valence-electron chi connectivity index (χ4n) is 3.34. The number of aromatic nitrogens is 1. The molecule has 19 heavy (non-hydrogen) atoms. The van der Waals surface area contributed by atoms with Crippen molar-refractivity contribution >= 4 is 5.82 Å². The number of nitrogens with zero attached hydrogens (tertiary/aromatic N) is 2. The zero-order valence-electron chi connectivity index (χ0n) is 11.6. The third-order valence-corrected chi connectivity index (χ3v) is 4.32. The molecule has 0 saturated carbocycles. The Morgan fingerprint density at radius 3 is 2.89 bits per heavy atom. The molecule has 2 aliphatic heterocycles. The number of hydrogen-bond acceptors (Lipinski definition) is 4. The summed E-state index contributed by atoms with van der Waals surface area (Å²) in [5.74, 6) is 0.969. The monoisotopic (exact) mass is 261 g/mol. The van der Waals surface area contributed by atoms with E-state index in [1.165, 1.54) is 37.9 Å². The minimum Gasteiger partial charge on any atom is -0.381 e. The van der Waals surface area contributed by atoms with Gasteiger partial charge in [-0.2, -0.15) is 0 Å². The van der Waals surface area contributed by atoms with Gasteiger partial charge >= 0.3 is 0 Å². The number of anilines is 1. The van der Waals surface area contributed by atoms with E-state index in [2.05, 4.69) is 22.3 Å². The molecule has 2 saturated heterocycles. The lowest BCUT2D eigenvalue weighted by Gasteiger charge is -2.35. The quantitative estimate of drug-likeness (QED) is 0.907. The van der Waals surface area contributed by atoms with Crippen molar-refractivity contribution in [3.8, 4) is 0 Å². The summed E-state index contributed by atoms with van der Waals surface area (Å²) >= 11 is 0. The highest BCUT2D eigenvalue weighted by Gasteiger charge is 2.33. The molecule has 1 N–H and O–H groups in total. The predicted octanol–water partition coefficient (Wildman–Crippen LogP) is 2.44. The van der Waals surface area contributed by atoms with Gasteiger partial charge in [0.25, 0.3) is 0 Å². The second-order valence-electron chi connectivity index (χ2n) is 5.44. The van der Waals surface area contributed by atoms with Gasteiger partial charge in [0, 0.05) is 26.3 Å². The van der Waals surface area contributed by atoms with Crippen molar-refractivity contribution in [1.29, 1.82) is 0 Å². The molecule has 2 fully saturated rings. The largest absolute Gasteiger partial charge is 0.381 e. The third-order valence-electron chi connectivity index (χ3n) is 4.32. The summed E-state index contributed by atoms with van der Waals surface area (Å²) in [6, 6.07) is 7.48. The minimum absolute atomic E-state index is 0.497. The summed E-state index contributed by atoms with van der Waals surface area (Å²) in [6.45, 7) is 3.04. The summed E-state index contributed by atoms with van der Waals surface area (Å²) in [6.07, 6.45) is 4.86. The maximum atomic E-state index is 5.48. The third kappa shape index (κ3) is 2.74. The molecule has 0 bridgehead atoms. The first-order chi connectivity index (χ1) is 9.38. The standard InChI is InChI=1S/C15H23N3O/c1-16-15-6-2-4-13(17-15)14-5-3-9-18(14)12-7-10-19-11-8-12/h2,4,6,12,14H,3,5,7-11H2,1H3,(H,16,17). The number of pyridine rings is 1. The fourth-order valence-corrected chi connectivity index (χ4v) is 3.34. The Morgan fingerprint density at radius 2 is 2.11 bits per heavy atom. The van der Waals surface area contributed by atoms with Crippen LogP contribution in [0.3, 0.4) is 0 Å². The van der Waals surface area contributed by atoms with Gasteiger partial charge in [-0.05, 0) is 44.4 Å². The number of likely N-dealkylation sites (tertiary alicyclic amines) is 1. The van der Waals surface area contributed by atoms with E-state index < -0.39 is 0 Å². The maximum absolute atomic E-state index is 5.48. The maximum Gasteiger partial charge on any atom is 0.126 e. The Bertz CT molecular complexity index is 418. The van der Waals surface area contributed by atoms with Gasteiger partial charge in [-0.25, -0.2) is 4.98 Å². The van der Waals surface area contributed by atoms with Crippen molar-refractivity contribution in [3.63, 3.8) is 0 Å². The summed E-state index contributed by atoms with van der Waals surface area (Å²) in [7, 11) is 1.93. The van der Waals surface area contributed by atoms with E-state index in [1.807, 2.05) is 13.1 Å². The van der Waals surface area contributed by atoms with Crippen LogP contribution in [0.5, 0.6) is 0 Å². The highest BCUT2D eigenvalue weighted by atomic mass is 16.5. The molecule has 3 heterocycles. The van der Waals surface area contributed by atoms with Gasteiger partial charge in [-0.15, -0.1) is 0 Å². The molecule has 2 aliphatic rings. The zero-order valence-corrected chi connectivity index (χ0v) is 11.6. The Morgan fingerprint density at radius 1 is 1.26 bits per heavy atom. The van der Waals surface area contributed by atoms with Crippen LogP contribution in [0.15, 0.2) is 18.2 Å². The van der Waals surface area contributed by atoms with Crippen LogP contribution in [0.4, 0.5) is 5.82 Å². The molecular formula is C15H23N3O. The summed E-state index contributed by atoms with van der Waals surface area (Å²) in [4.78, 5) is 7.39. The van der Waals surface area contributed by atoms with Crippen molar-refractivity contribution in [2.75, 3.05) is 32.1 Å². The normalized spacial score (nSPS) is 25.6. The number of ether oxygens (including phenoxy) is 1. The predicted molar refractivity (Wildman–Crippen MR) is 76.3 cm³/mol. The van der Waals surface area contributed by atoms with E-state index in [1.54, 1.807) is 0 Å². The molecular weight excluding hydrogens is 238 g/mol. The van der Waals surface area contributed by atoms with Crippen molar-refractivity contribution in [2.45, 2.75) is 37.8 Å². The van der Waals surface area contributed by atoms with Crippen molar-refractivity contribution in [1.82, 2.24) is 9.88 Å². The molecule has 4 nitrogen and oxygen atoms in total. The van der Waals surface area contributed by atoms with Gasteiger partial charge in [0.05, 0.1) is 11.7 Å². The van der Waals surface area contributed by atoms with Crippen LogP contribution in [0.1, 0.15) is 37.4 Å². The first-order valence-corrected chi connectivity index (χ1v) is 7.36. The van der Waals surface area contributed by atoms with Gasteiger partial charge in [0.15, 0.2) is 0 Å². The summed E-state index contributed by atoms with van der Waals surface area (Å²) in [5, 5.41) is 3.14. The average Bonchev–Trinajstić information content (AvgIpc) is 2.98. The number of rotatable bonds is 3. The van der Waals surface area contributed by atoms with Crippen LogP contribution in [0.2, 0.25) is 0 Å². The highest BCUT2D eigenvalue weighted by Crippen LogP contribution is 2.35. The molecule has 3 rings (SSSR count). The lowest BCUT2D eigenvalue weighted by Crippen LogP contribution is -2.39. The number of hydrogen-bond donors (Lipinski definition) is 1. The first-order valence-electron chi connectivity index (χ1n) is 7.36. The highest BCUT2D eigenvalue weighted by molar-refractivity contribution is 5.35. The Kier molecular flexibility index (Phi) is 3.99. The van der Waals surface area contributed by atoms with E-state index in [0.717, 1.165) is 19.0 Å². The topological polar surface area (TPSA) is 37.4 Å². The van der Waals surface area contributed by atoms with Gasteiger partial charge < -0.3 is 10.1 Å². The van der Waals surface area contributed by atoms with E-state index in [9.17, 15) is 0 Å². The van der Waals surface area contributed by atoms with Gasteiger partial charge in [0.1, 0.15) is 5.82 Å². The Labute approximate surface area is 115 Å². The lowest BCUT2D eigenvalue weighted by atomic mass is 10.0. The average molecular weight is 261 g/mol. The molecule has 0 amide bonds. The van der Waals surface area contributed by atoms with Gasteiger partial charge in [0.2, 0.25) is 0 Å². The molecule has 1 unspecified atom stereocenters. The molecule has 0 radical (unpaired) electrons. The molecule has 4 heteroatoms. The van der Waals surface area contributed by atoms with Crippen LogP contribution in [0, 0.1) is 0 Å². The van der Waals surface area contributed by atoms with Crippen LogP contribution >= 0.6 is 0 Å². The summed E-state index contributed by atoms with van der Waals surface area (Å²) < 4.78 is 5.48. The number of nitrogens with one attached hydrogen (secondary N) is 1. The van der Waals surface area contributed by atoms with Crippen molar-refractivity contribution in [2.24, 2.45) is 0 Å². The van der Waals surface area contributed by atoms with Gasteiger partial charge in [-0.1, -0.05) is 6.07 Å². The Hall–Kier alpha value is -1.13. The second kappa shape index (κ2) is 5.88. The van der Waals surface area contributed by atoms with E-state index in [0.29, 0.717) is 12.1 Å². The molecule has 0 aromatic carbocycles. The smallest absolute Gasteiger partial charge is 0.126 e. The molecule has 1 aromatic heterocycles. The SMILES string of the molecule is CNc1cccc(C2CCCN2C2CCOCC2)n1. The van der Waals surface area contributed by atoms with Crippen LogP contribution in [-0.2, 0) is 4.74 Å². The Balaban J connectivity index is 1.77. The fraction of sp³-hybridized carbons (Fsp3) is 0.667. The van der Waals surface area contributed by atoms with Crippen molar-refractivity contribution in [3.05, 3.63) is 23.9 Å². The molecule has 1 atom stereocenters. The van der Waals surface area contributed by atoms with Crippen molar-refractivity contribution < 1.29 is 4.74 Å². The lowest BCUT2D eigenvalue weighted by molar-refractivity contribution is 0.0285. The minimum atomic E-state index is 0.497. The van der Waals surface area contributed by atoms with E-state index in [-0.39, 0.29) is 0 Å². The summed E-state index contributed by atoms with van der Waals surface area (Å²) in [5.41, 5.74) is 1.22. The van der Waals surface area contributed by atoms with Crippen LogP contribution < -0.4 is 5.32 Å². The van der Waals surface area contributed by atoms with E-state index >= 15 is 0 Å². The zero-order chi connectivity index (χ0) is 13.1. The van der Waals surface area contributed by atoms with Crippen LogP contribution in [0.25, 0.3) is 0 Å². The second-order valence-corrected chi connectivity index (χ2v) is 5.44.